The zero-order chi connectivity index (χ0) is 37.2. The summed E-state index contributed by atoms with van der Waals surface area (Å²) in [7, 11) is 1.57. The minimum Gasteiger partial charge on any atom is -0.481 e. The number of methoxy groups -OCH3 is 1. The normalized spacial score (nSPS) is 19.6. The van der Waals surface area contributed by atoms with E-state index < -0.39 is 41.3 Å². The number of carbonyl (C=O) groups excluding carboxylic acids is 2. The van der Waals surface area contributed by atoms with Crippen molar-refractivity contribution in [1.82, 2.24) is 15.2 Å². The van der Waals surface area contributed by atoms with Crippen molar-refractivity contribution in [3.05, 3.63) is 106 Å². The molecule has 2 amide bonds. The molecular weight excluding hydrogens is 682 g/mol. The van der Waals surface area contributed by atoms with Crippen molar-refractivity contribution in [2.75, 3.05) is 7.11 Å². The Bertz CT molecular complexity index is 1860. The molecule has 0 saturated carbocycles. The van der Waals surface area contributed by atoms with E-state index >= 15 is 4.39 Å². The third-order valence-corrected chi connectivity index (χ3v) is 10.8. The first-order chi connectivity index (χ1) is 24.7. The molecule has 5 atom stereocenters. The zero-order valence-corrected chi connectivity index (χ0v) is 31.4. The summed E-state index contributed by atoms with van der Waals surface area (Å²) in [6.07, 6.45) is 1.65. The van der Waals surface area contributed by atoms with E-state index in [-0.39, 0.29) is 37.3 Å². The number of aryl methyl sites for hydroxylation is 1. The summed E-state index contributed by atoms with van der Waals surface area (Å²) in [5.74, 6) is -0.955. The number of nitrogens with zero attached hydrogens (tertiary/aromatic N) is 2. The number of pyridine rings is 1. The van der Waals surface area contributed by atoms with Crippen LogP contribution in [0.4, 0.5) is 9.18 Å². The quantitative estimate of drug-likeness (QED) is 0.163. The number of amides is 2. The van der Waals surface area contributed by atoms with Crippen LogP contribution in [-0.4, -0.2) is 63.7 Å². The van der Waals surface area contributed by atoms with Crippen molar-refractivity contribution < 1.29 is 33.3 Å². The topological polar surface area (TPSA) is 110 Å². The molecule has 11 heteroatoms. The first-order valence-corrected chi connectivity index (χ1v) is 18.7. The van der Waals surface area contributed by atoms with Crippen LogP contribution < -0.4 is 10.1 Å². The van der Waals surface area contributed by atoms with Crippen LogP contribution in [0.5, 0.6) is 5.88 Å². The van der Waals surface area contributed by atoms with Gasteiger partial charge in [0.05, 0.1) is 31.4 Å². The highest BCUT2D eigenvalue weighted by atomic mass is 32.1. The summed E-state index contributed by atoms with van der Waals surface area (Å²) in [4.78, 5) is 35.4. The number of hydrogen-bond donors (Lipinski definition) is 2. The van der Waals surface area contributed by atoms with E-state index in [0.29, 0.717) is 11.4 Å². The van der Waals surface area contributed by atoms with E-state index in [1.54, 1.807) is 69.7 Å². The lowest BCUT2D eigenvalue weighted by Crippen LogP contribution is -2.51. The number of thiophene rings is 1. The first kappa shape index (κ1) is 37.4. The Labute approximate surface area is 309 Å². The number of hydrogen-bond acceptors (Lipinski definition) is 8. The van der Waals surface area contributed by atoms with E-state index in [4.69, 9.17) is 14.2 Å². The predicted molar refractivity (Wildman–Crippen MR) is 198 cm³/mol. The zero-order valence-electron chi connectivity index (χ0n) is 30.6. The fraction of sp³-hybridized carbons (Fsp3) is 0.439. The fourth-order valence-electron chi connectivity index (χ4n) is 7.40. The van der Waals surface area contributed by atoms with E-state index in [1.807, 2.05) is 49.1 Å². The number of rotatable bonds is 11. The second-order valence-corrected chi connectivity index (χ2v) is 16.1. The number of ether oxygens (including phenoxy) is 3. The van der Waals surface area contributed by atoms with Crippen molar-refractivity contribution >= 4 is 23.3 Å². The molecule has 3 heterocycles. The lowest BCUT2D eigenvalue weighted by atomic mass is 9.85. The highest BCUT2D eigenvalue weighted by Gasteiger charge is 2.53. The molecule has 2 N–H and O–H groups in total. The van der Waals surface area contributed by atoms with Crippen LogP contribution in [0.3, 0.4) is 0 Å². The molecule has 276 valence electrons. The van der Waals surface area contributed by atoms with Gasteiger partial charge in [-0.3, -0.25) is 4.79 Å². The molecule has 6 rings (SSSR count). The molecule has 2 aromatic carbocycles. The first-order valence-electron chi connectivity index (χ1n) is 17.8. The number of aromatic nitrogens is 1. The van der Waals surface area contributed by atoms with E-state index in [0.717, 1.165) is 35.1 Å². The minimum absolute atomic E-state index is 0.0380. The van der Waals surface area contributed by atoms with Crippen LogP contribution in [0.25, 0.3) is 11.1 Å². The van der Waals surface area contributed by atoms with Gasteiger partial charge in [0.1, 0.15) is 17.1 Å². The summed E-state index contributed by atoms with van der Waals surface area (Å²) in [6, 6.07) is 18.9. The van der Waals surface area contributed by atoms with Gasteiger partial charge in [0.25, 0.3) is 0 Å². The van der Waals surface area contributed by atoms with Crippen LogP contribution in [0, 0.1) is 11.7 Å². The molecule has 0 spiro atoms. The maximum atomic E-state index is 15.2. The third-order valence-electron chi connectivity index (χ3n) is 9.80. The van der Waals surface area contributed by atoms with Gasteiger partial charge in [-0.1, -0.05) is 42.5 Å². The van der Waals surface area contributed by atoms with Crippen LogP contribution in [0.15, 0.2) is 78.3 Å². The SMILES string of the molecule is COc1ccc(-c2ccc(C[C@H](NC(=O)OC(C)(C)C)[C@@H](O)C[C@@H](Cc3ccccc3F)C(=O)N3[C@H]4c5ccsc5CC[C@H]4OC3(C)C)cc2)cn1. The highest BCUT2D eigenvalue weighted by Crippen LogP contribution is 2.49. The van der Waals surface area contributed by atoms with Crippen molar-refractivity contribution in [3.8, 4) is 17.0 Å². The van der Waals surface area contributed by atoms with Gasteiger partial charge in [-0.05, 0) is 113 Å². The standard InChI is InChI=1S/C41H48FN3O6S/c1-40(2,3)51-39(48)44-32(21-25-11-13-26(14-12-25)28-15-18-36(49-6)43-24-28)33(46)23-29(22-27-9-7-8-10-31(27)42)38(47)45-37-30-19-20-52-35(30)17-16-34(37)50-41(45,4)5/h7-15,18-20,24,29,32-34,37,46H,16-17,21-23H2,1-6H3,(H,44,48)/t29-,32+,33+,34-,37+/m1/s1. The Morgan fingerprint density at radius 3 is 2.48 bits per heavy atom. The van der Waals surface area contributed by atoms with Crippen LogP contribution in [0.1, 0.15) is 75.1 Å². The molecule has 4 aromatic rings. The summed E-state index contributed by atoms with van der Waals surface area (Å²) >= 11 is 1.68. The molecule has 1 aliphatic heterocycles. The predicted octanol–water partition coefficient (Wildman–Crippen LogP) is 7.65. The molecule has 9 nitrogen and oxygen atoms in total. The van der Waals surface area contributed by atoms with E-state index in [1.165, 1.54) is 10.9 Å². The summed E-state index contributed by atoms with van der Waals surface area (Å²) in [6.45, 7) is 9.09. The molecule has 52 heavy (non-hydrogen) atoms. The largest absolute Gasteiger partial charge is 0.481 e. The second kappa shape index (κ2) is 15.3. The van der Waals surface area contributed by atoms with Gasteiger partial charge >= 0.3 is 6.09 Å². The maximum Gasteiger partial charge on any atom is 0.407 e. The monoisotopic (exact) mass is 729 g/mol. The number of nitrogens with one attached hydrogen (secondary N) is 1. The van der Waals surface area contributed by atoms with Crippen molar-refractivity contribution in [2.45, 2.75) is 102 Å². The minimum atomic E-state index is -1.19. The third kappa shape index (κ3) is 8.48. The Balaban J connectivity index is 1.29. The van der Waals surface area contributed by atoms with Gasteiger partial charge in [-0.15, -0.1) is 11.3 Å². The second-order valence-electron chi connectivity index (χ2n) is 15.1. The molecule has 1 saturated heterocycles. The molecule has 1 fully saturated rings. The van der Waals surface area contributed by atoms with Crippen LogP contribution >= 0.6 is 11.3 Å². The smallest absolute Gasteiger partial charge is 0.407 e. The van der Waals surface area contributed by atoms with Crippen molar-refractivity contribution in [2.24, 2.45) is 5.92 Å². The van der Waals surface area contributed by atoms with Gasteiger partial charge in [-0.25, -0.2) is 14.2 Å². The van der Waals surface area contributed by atoms with Gasteiger partial charge in [-0.2, -0.15) is 0 Å². The van der Waals surface area contributed by atoms with Gasteiger partial charge in [0.2, 0.25) is 11.8 Å². The number of halogens is 1. The lowest BCUT2D eigenvalue weighted by molar-refractivity contribution is -0.153. The fourth-order valence-corrected chi connectivity index (χ4v) is 8.34. The molecule has 2 aromatic heterocycles. The molecule has 0 radical (unpaired) electrons. The van der Waals surface area contributed by atoms with Crippen molar-refractivity contribution in [3.63, 3.8) is 0 Å². The molecular formula is C41H48FN3O6S. The average molecular weight is 730 g/mol. The summed E-state index contributed by atoms with van der Waals surface area (Å²) in [5.41, 5.74) is 2.47. The number of carbonyl (C=O) groups is 2. The number of fused-ring (bicyclic) bond motifs is 3. The van der Waals surface area contributed by atoms with Gasteiger partial charge < -0.3 is 29.5 Å². The average Bonchev–Trinajstić information content (AvgIpc) is 3.68. The van der Waals surface area contributed by atoms with Gasteiger partial charge in [0, 0.05) is 28.6 Å². The van der Waals surface area contributed by atoms with E-state index in [2.05, 4.69) is 21.7 Å². The highest BCUT2D eigenvalue weighted by molar-refractivity contribution is 7.10. The number of aliphatic hydroxyl groups is 1. The number of aliphatic hydroxyl groups excluding tert-OH is 1. The lowest BCUT2D eigenvalue weighted by Gasteiger charge is -2.38. The van der Waals surface area contributed by atoms with E-state index in [9.17, 15) is 14.7 Å². The molecule has 1 aliphatic carbocycles. The summed E-state index contributed by atoms with van der Waals surface area (Å²) < 4.78 is 32.5. The molecule has 0 unspecified atom stereocenters. The molecule has 2 aliphatic rings. The maximum absolute atomic E-state index is 15.2. The van der Waals surface area contributed by atoms with Crippen LogP contribution in [0.2, 0.25) is 0 Å². The summed E-state index contributed by atoms with van der Waals surface area (Å²) in [5, 5.41) is 16.9. The number of benzene rings is 2. The number of alkyl carbamates (subject to hydrolysis) is 1. The van der Waals surface area contributed by atoms with Crippen LogP contribution in [-0.2, 0) is 33.5 Å². The van der Waals surface area contributed by atoms with Crippen molar-refractivity contribution in [1.29, 1.82) is 0 Å². The van der Waals surface area contributed by atoms with Gasteiger partial charge in [0.15, 0.2) is 0 Å². The Morgan fingerprint density at radius 2 is 1.81 bits per heavy atom. The Kier molecular flexibility index (Phi) is 11.0. The Hall–Kier alpha value is -4.32. The molecule has 0 bridgehead atoms. The Morgan fingerprint density at radius 1 is 1.08 bits per heavy atom.